The first-order valence-electron chi connectivity index (χ1n) is 9.88. The van der Waals surface area contributed by atoms with Crippen molar-refractivity contribution in [1.82, 2.24) is 0 Å². The van der Waals surface area contributed by atoms with Gasteiger partial charge < -0.3 is 0 Å². The summed E-state index contributed by atoms with van der Waals surface area (Å²) >= 11 is 0. The fraction of sp³-hybridized carbons (Fsp3) is 0.0357. The summed E-state index contributed by atoms with van der Waals surface area (Å²) in [6, 6.07) is 37.9. The summed E-state index contributed by atoms with van der Waals surface area (Å²) in [6.45, 7) is 2.13. The number of fused-ring (bicyclic) bond motifs is 1. The van der Waals surface area contributed by atoms with Crippen LogP contribution in [0, 0.1) is 6.92 Å². The first-order chi connectivity index (χ1) is 14.3. The van der Waals surface area contributed by atoms with Gasteiger partial charge in [-0.2, -0.15) is 0 Å². The molecule has 0 aliphatic carbocycles. The van der Waals surface area contributed by atoms with Crippen LogP contribution in [0.25, 0.3) is 44.5 Å². The van der Waals surface area contributed by atoms with E-state index in [2.05, 4.69) is 110 Å². The van der Waals surface area contributed by atoms with E-state index in [0.717, 1.165) is 33.4 Å². The predicted octanol–water partition coefficient (Wildman–Crippen LogP) is 8.02. The van der Waals surface area contributed by atoms with E-state index in [1.54, 1.807) is 0 Å². The molecule has 0 saturated heterocycles. The van der Waals surface area contributed by atoms with E-state index in [4.69, 9.17) is 4.42 Å². The average molecular weight is 373 g/mol. The van der Waals surface area contributed by atoms with Gasteiger partial charge in [0.05, 0.1) is 16.5 Å². The largest absolute Gasteiger partial charge is 0.369 e. The van der Waals surface area contributed by atoms with Crippen molar-refractivity contribution < 1.29 is 4.42 Å². The molecule has 1 aromatic heterocycles. The molecule has 1 heteroatoms. The summed E-state index contributed by atoms with van der Waals surface area (Å²) < 4.78 is 6.55. The zero-order chi connectivity index (χ0) is 19.6. The van der Waals surface area contributed by atoms with Gasteiger partial charge in [0.15, 0.2) is 0 Å². The maximum absolute atomic E-state index is 6.55. The lowest BCUT2D eigenvalue weighted by atomic mass is 9.89. The minimum Gasteiger partial charge on any atom is -0.206 e. The lowest BCUT2D eigenvalue weighted by molar-refractivity contribution is 0.622. The Balaban J connectivity index is 1.99. The molecule has 1 heterocycles. The van der Waals surface area contributed by atoms with Gasteiger partial charge in [-0.25, -0.2) is 4.42 Å². The Kier molecular flexibility index (Phi) is 4.42. The molecule has 5 rings (SSSR count). The molecule has 0 amide bonds. The summed E-state index contributed by atoms with van der Waals surface area (Å²) in [4.78, 5) is 0. The molecule has 138 valence electrons. The number of hydrogen-bond donors (Lipinski definition) is 0. The van der Waals surface area contributed by atoms with Crippen LogP contribution in [0.2, 0.25) is 0 Å². The Morgan fingerprint density at radius 2 is 1.03 bits per heavy atom. The van der Waals surface area contributed by atoms with Crippen molar-refractivity contribution >= 4 is 11.0 Å². The third-order valence-corrected chi connectivity index (χ3v) is 5.25. The highest BCUT2D eigenvalue weighted by molar-refractivity contribution is 6.05. The number of hydrogen-bond acceptors (Lipinski definition) is 0. The average Bonchev–Trinajstić information content (AvgIpc) is 2.79. The molecule has 0 unspecified atom stereocenters. The van der Waals surface area contributed by atoms with Crippen molar-refractivity contribution in [3.63, 3.8) is 0 Å². The van der Waals surface area contributed by atoms with Crippen LogP contribution in [0.3, 0.4) is 0 Å². The van der Waals surface area contributed by atoms with Crippen LogP contribution in [-0.2, 0) is 0 Å². The quantitative estimate of drug-likeness (QED) is 0.291. The minimum absolute atomic E-state index is 0.895. The summed E-state index contributed by atoms with van der Waals surface area (Å²) in [5.41, 5.74) is 7.87. The first-order valence-corrected chi connectivity index (χ1v) is 9.88. The zero-order valence-electron chi connectivity index (χ0n) is 16.3. The van der Waals surface area contributed by atoms with Crippen LogP contribution in [0.5, 0.6) is 0 Å². The van der Waals surface area contributed by atoms with Gasteiger partial charge in [0.25, 0.3) is 0 Å². The maximum Gasteiger partial charge on any atom is 0.369 e. The van der Waals surface area contributed by atoms with Gasteiger partial charge >= 0.3 is 11.3 Å². The Morgan fingerprint density at radius 1 is 0.517 bits per heavy atom. The highest BCUT2D eigenvalue weighted by Gasteiger charge is 2.28. The van der Waals surface area contributed by atoms with Crippen molar-refractivity contribution in [1.29, 1.82) is 0 Å². The molecule has 0 atom stereocenters. The van der Waals surface area contributed by atoms with Crippen LogP contribution in [0.1, 0.15) is 5.56 Å². The summed E-state index contributed by atoms with van der Waals surface area (Å²) in [5.74, 6) is 0.895. The SMILES string of the molecule is Cc1ccc2[o+]c(-c3ccccc3)c(-c3ccccc3)c(-c3ccccc3)c2c1. The van der Waals surface area contributed by atoms with Crippen LogP contribution < -0.4 is 0 Å². The fourth-order valence-corrected chi connectivity index (χ4v) is 3.92. The summed E-state index contributed by atoms with van der Waals surface area (Å²) in [5, 5.41) is 1.13. The molecule has 0 spiro atoms. The Labute approximate surface area is 170 Å². The molecular weight excluding hydrogens is 352 g/mol. The smallest absolute Gasteiger partial charge is 0.206 e. The van der Waals surface area contributed by atoms with Gasteiger partial charge in [0.1, 0.15) is 0 Å². The fourth-order valence-electron chi connectivity index (χ4n) is 3.92. The predicted molar refractivity (Wildman–Crippen MR) is 122 cm³/mol. The monoisotopic (exact) mass is 373 g/mol. The van der Waals surface area contributed by atoms with E-state index >= 15 is 0 Å². The van der Waals surface area contributed by atoms with E-state index in [1.165, 1.54) is 16.7 Å². The second-order valence-electron chi connectivity index (χ2n) is 7.28. The van der Waals surface area contributed by atoms with Gasteiger partial charge in [-0.3, -0.25) is 0 Å². The number of benzene rings is 4. The van der Waals surface area contributed by atoms with E-state index in [9.17, 15) is 0 Å². The second kappa shape index (κ2) is 7.37. The molecule has 0 bridgehead atoms. The van der Waals surface area contributed by atoms with Crippen molar-refractivity contribution in [2.45, 2.75) is 6.92 Å². The Morgan fingerprint density at radius 3 is 1.62 bits per heavy atom. The molecule has 0 saturated carbocycles. The van der Waals surface area contributed by atoms with Gasteiger partial charge in [0, 0.05) is 11.6 Å². The second-order valence-corrected chi connectivity index (χ2v) is 7.28. The molecule has 0 radical (unpaired) electrons. The van der Waals surface area contributed by atoms with E-state index in [0.29, 0.717) is 0 Å². The van der Waals surface area contributed by atoms with Crippen LogP contribution in [0.4, 0.5) is 0 Å². The lowest BCUT2D eigenvalue weighted by Gasteiger charge is -2.12. The number of rotatable bonds is 3. The standard InChI is InChI=1S/C28H21O/c1-20-17-18-25-24(19-20)26(21-11-5-2-6-12-21)27(22-13-7-3-8-14-22)28(29-25)23-15-9-4-10-16-23/h2-19H,1H3/q+1. The Bertz CT molecular complexity index is 1270. The lowest BCUT2D eigenvalue weighted by Crippen LogP contribution is -1.93. The van der Waals surface area contributed by atoms with Gasteiger partial charge in [-0.05, 0) is 47.9 Å². The third kappa shape index (κ3) is 3.21. The van der Waals surface area contributed by atoms with Gasteiger partial charge in [0.2, 0.25) is 0 Å². The zero-order valence-corrected chi connectivity index (χ0v) is 16.3. The van der Waals surface area contributed by atoms with Gasteiger partial charge in [-0.15, -0.1) is 0 Å². The normalized spacial score (nSPS) is 10.9. The molecule has 5 aromatic rings. The molecule has 0 aliphatic rings. The third-order valence-electron chi connectivity index (χ3n) is 5.25. The Hall–Kier alpha value is -3.71. The highest BCUT2D eigenvalue weighted by atomic mass is 16.3. The molecule has 0 fully saturated rings. The molecule has 1 nitrogen and oxygen atoms in total. The van der Waals surface area contributed by atoms with Crippen LogP contribution in [0.15, 0.2) is 114 Å². The molecular formula is C28H21O+. The topological polar surface area (TPSA) is 11.3 Å². The summed E-state index contributed by atoms with van der Waals surface area (Å²) in [7, 11) is 0. The highest BCUT2D eigenvalue weighted by Crippen LogP contribution is 2.44. The molecule has 0 N–H and O–H groups in total. The summed E-state index contributed by atoms with van der Waals surface area (Å²) in [6.07, 6.45) is 0. The maximum atomic E-state index is 6.55. The molecule has 4 aromatic carbocycles. The van der Waals surface area contributed by atoms with Crippen molar-refractivity contribution in [3.8, 4) is 33.6 Å². The van der Waals surface area contributed by atoms with Crippen molar-refractivity contribution in [3.05, 3.63) is 115 Å². The van der Waals surface area contributed by atoms with E-state index in [-0.39, 0.29) is 0 Å². The van der Waals surface area contributed by atoms with Crippen molar-refractivity contribution in [2.75, 3.05) is 0 Å². The molecule has 0 aliphatic heterocycles. The minimum atomic E-state index is 0.895. The van der Waals surface area contributed by atoms with Crippen LogP contribution >= 0.6 is 0 Å². The van der Waals surface area contributed by atoms with Crippen molar-refractivity contribution in [2.24, 2.45) is 0 Å². The first kappa shape index (κ1) is 17.4. The van der Waals surface area contributed by atoms with Crippen LogP contribution in [-0.4, -0.2) is 0 Å². The van der Waals surface area contributed by atoms with E-state index < -0.39 is 0 Å². The van der Waals surface area contributed by atoms with E-state index in [1.807, 2.05) is 6.07 Å². The molecule has 29 heavy (non-hydrogen) atoms. The van der Waals surface area contributed by atoms with Gasteiger partial charge in [-0.1, -0.05) is 78.9 Å². The number of aryl methyl sites for hydroxylation is 1.